The second-order valence-electron chi connectivity index (χ2n) is 7.73. The Bertz CT molecular complexity index is 1140. The third-order valence-corrected chi connectivity index (χ3v) is 5.52. The zero-order valence-electron chi connectivity index (χ0n) is 17.9. The Kier molecular flexibility index (Phi) is 6.30. The molecule has 0 saturated carbocycles. The first-order chi connectivity index (χ1) is 15.5. The molecule has 0 spiro atoms. The summed E-state index contributed by atoms with van der Waals surface area (Å²) in [5.74, 6) is -0.311. The number of carbonyl (C=O) groups excluding carboxylic acids is 1. The predicted octanol–water partition coefficient (Wildman–Crippen LogP) is 5.70. The van der Waals surface area contributed by atoms with Crippen LogP contribution in [0.4, 0.5) is 13.6 Å². The Morgan fingerprint density at radius 1 is 1.09 bits per heavy atom. The van der Waals surface area contributed by atoms with Gasteiger partial charge in [-0.15, -0.1) is 0 Å². The number of nitrogens with one attached hydrogen (secondary N) is 1. The SMILES string of the molecule is CCCCCN1C(=O)NC(c2ccc(F)cc2)C(c2nc(-c3cccc(F)c3)no2)=C1C. The van der Waals surface area contributed by atoms with Crippen LogP contribution in [0, 0.1) is 11.6 Å². The summed E-state index contributed by atoms with van der Waals surface area (Å²) in [7, 11) is 0. The van der Waals surface area contributed by atoms with Crippen LogP contribution in [0.15, 0.2) is 58.8 Å². The summed E-state index contributed by atoms with van der Waals surface area (Å²) in [5.41, 5.74) is 2.49. The Balaban J connectivity index is 1.77. The summed E-state index contributed by atoms with van der Waals surface area (Å²) < 4.78 is 32.7. The highest BCUT2D eigenvalue weighted by Gasteiger charge is 2.35. The highest BCUT2D eigenvalue weighted by Crippen LogP contribution is 2.37. The number of hydrogen-bond donors (Lipinski definition) is 1. The fraction of sp³-hybridized carbons (Fsp3) is 0.292. The van der Waals surface area contributed by atoms with Crippen LogP contribution in [0.5, 0.6) is 0 Å². The molecule has 32 heavy (non-hydrogen) atoms. The molecule has 1 atom stereocenters. The molecule has 6 nitrogen and oxygen atoms in total. The van der Waals surface area contributed by atoms with E-state index in [0.29, 0.717) is 28.9 Å². The van der Waals surface area contributed by atoms with Crippen molar-refractivity contribution in [1.82, 2.24) is 20.4 Å². The van der Waals surface area contributed by atoms with Gasteiger partial charge in [-0.2, -0.15) is 4.98 Å². The van der Waals surface area contributed by atoms with Gasteiger partial charge in [0.25, 0.3) is 5.89 Å². The summed E-state index contributed by atoms with van der Waals surface area (Å²) in [5, 5.41) is 7.01. The maximum absolute atomic E-state index is 13.7. The molecule has 0 fully saturated rings. The van der Waals surface area contributed by atoms with E-state index in [2.05, 4.69) is 22.4 Å². The summed E-state index contributed by atoms with van der Waals surface area (Å²) >= 11 is 0. The number of nitrogens with zero attached hydrogens (tertiary/aromatic N) is 3. The van der Waals surface area contributed by atoms with Gasteiger partial charge in [0.15, 0.2) is 0 Å². The highest BCUT2D eigenvalue weighted by atomic mass is 19.1. The lowest BCUT2D eigenvalue weighted by molar-refractivity contribution is 0.204. The number of allylic oxidation sites excluding steroid dienone is 1. The highest BCUT2D eigenvalue weighted by molar-refractivity contribution is 5.86. The molecule has 1 N–H and O–H groups in total. The predicted molar refractivity (Wildman–Crippen MR) is 116 cm³/mol. The van der Waals surface area contributed by atoms with E-state index < -0.39 is 11.9 Å². The number of halogens is 2. The van der Waals surface area contributed by atoms with Crippen molar-refractivity contribution in [3.05, 3.63) is 77.3 Å². The smallest absolute Gasteiger partial charge is 0.322 e. The molecule has 0 aliphatic carbocycles. The van der Waals surface area contributed by atoms with Crippen molar-refractivity contribution in [2.24, 2.45) is 0 Å². The molecule has 166 valence electrons. The van der Waals surface area contributed by atoms with Crippen LogP contribution in [-0.2, 0) is 0 Å². The minimum Gasteiger partial charge on any atom is -0.334 e. The number of unbranched alkanes of at least 4 members (excludes halogenated alkanes) is 2. The molecule has 2 amide bonds. The van der Waals surface area contributed by atoms with Gasteiger partial charge in [0.2, 0.25) is 5.82 Å². The number of benzene rings is 2. The third-order valence-electron chi connectivity index (χ3n) is 5.52. The Morgan fingerprint density at radius 3 is 2.59 bits per heavy atom. The van der Waals surface area contributed by atoms with Gasteiger partial charge in [0.05, 0.1) is 11.6 Å². The van der Waals surface area contributed by atoms with E-state index in [1.165, 1.54) is 24.3 Å². The van der Waals surface area contributed by atoms with Crippen molar-refractivity contribution in [1.29, 1.82) is 0 Å². The molecule has 2 aromatic carbocycles. The van der Waals surface area contributed by atoms with Crippen molar-refractivity contribution in [3.63, 3.8) is 0 Å². The number of carbonyl (C=O) groups is 1. The molecule has 2 heterocycles. The number of urea groups is 1. The minimum absolute atomic E-state index is 0.219. The van der Waals surface area contributed by atoms with Crippen LogP contribution < -0.4 is 5.32 Å². The minimum atomic E-state index is -0.591. The average molecular weight is 438 g/mol. The quantitative estimate of drug-likeness (QED) is 0.480. The standard InChI is InChI=1S/C24H24F2N4O2/c1-3-4-5-13-30-15(2)20(21(27-24(30)31)16-9-11-18(25)12-10-16)23-28-22(29-32-23)17-7-6-8-19(26)14-17/h6-12,14,21H,3-5,13H2,1-2H3,(H,27,31). The van der Waals surface area contributed by atoms with Crippen molar-refractivity contribution >= 4 is 11.6 Å². The lowest BCUT2D eigenvalue weighted by atomic mass is 9.94. The molecule has 3 aromatic rings. The van der Waals surface area contributed by atoms with Crippen molar-refractivity contribution < 1.29 is 18.1 Å². The maximum atomic E-state index is 13.7. The first kappa shape index (κ1) is 21.7. The first-order valence-electron chi connectivity index (χ1n) is 10.6. The molecule has 0 saturated heterocycles. The van der Waals surface area contributed by atoms with Crippen LogP contribution in [-0.4, -0.2) is 27.6 Å². The maximum Gasteiger partial charge on any atom is 0.322 e. The fourth-order valence-corrected chi connectivity index (χ4v) is 3.83. The largest absolute Gasteiger partial charge is 0.334 e. The zero-order valence-corrected chi connectivity index (χ0v) is 17.9. The Labute approximate surface area is 184 Å². The van der Waals surface area contributed by atoms with Gasteiger partial charge >= 0.3 is 6.03 Å². The van der Waals surface area contributed by atoms with Gasteiger partial charge in [-0.05, 0) is 43.2 Å². The van der Waals surface area contributed by atoms with Gasteiger partial charge in [0, 0.05) is 17.8 Å². The fourth-order valence-electron chi connectivity index (χ4n) is 3.83. The summed E-state index contributed by atoms with van der Waals surface area (Å²) in [6.45, 7) is 4.49. The second kappa shape index (κ2) is 9.30. The molecule has 1 aliphatic rings. The van der Waals surface area contributed by atoms with Crippen LogP contribution in [0.2, 0.25) is 0 Å². The van der Waals surface area contributed by atoms with Gasteiger partial charge in [-0.3, -0.25) is 4.90 Å². The monoisotopic (exact) mass is 438 g/mol. The summed E-state index contributed by atoms with van der Waals surface area (Å²) in [6, 6.07) is 11.0. The molecule has 0 bridgehead atoms. The second-order valence-corrected chi connectivity index (χ2v) is 7.73. The van der Waals surface area contributed by atoms with Gasteiger partial charge in [-0.1, -0.05) is 49.2 Å². The van der Waals surface area contributed by atoms with Gasteiger partial charge in [0.1, 0.15) is 11.6 Å². The average Bonchev–Trinajstić information content (AvgIpc) is 3.26. The molecule has 1 unspecified atom stereocenters. The van der Waals surface area contributed by atoms with Crippen LogP contribution in [0.3, 0.4) is 0 Å². The van der Waals surface area contributed by atoms with Crippen molar-refractivity contribution in [2.75, 3.05) is 6.54 Å². The molecule has 4 rings (SSSR count). The van der Waals surface area contributed by atoms with Crippen LogP contribution in [0.1, 0.15) is 50.6 Å². The van der Waals surface area contributed by atoms with Gasteiger partial charge in [-0.25, -0.2) is 13.6 Å². The lowest BCUT2D eigenvalue weighted by Gasteiger charge is -2.35. The molecular formula is C24H24F2N4O2. The van der Waals surface area contributed by atoms with Crippen LogP contribution >= 0.6 is 0 Å². The van der Waals surface area contributed by atoms with E-state index in [4.69, 9.17) is 4.52 Å². The first-order valence-corrected chi connectivity index (χ1v) is 10.6. The number of aromatic nitrogens is 2. The number of amides is 2. The third kappa shape index (κ3) is 4.39. The summed E-state index contributed by atoms with van der Waals surface area (Å²) in [4.78, 5) is 19.0. The Morgan fingerprint density at radius 2 is 1.88 bits per heavy atom. The van der Waals surface area contributed by atoms with Crippen molar-refractivity contribution in [3.8, 4) is 11.4 Å². The van der Waals surface area contributed by atoms with E-state index in [-0.39, 0.29) is 23.6 Å². The van der Waals surface area contributed by atoms with E-state index in [1.807, 2.05) is 6.92 Å². The van der Waals surface area contributed by atoms with E-state index >= 15 is 0 Å². The number of hydrogen-bond acceptors (Lipinski definition) is 4. The molecular weight excluding hydrogens is 414 g/mol. The van der Waals surface area contributed by atoms with Crippen LogP contribution in [0.25, 0.3) is 17.0 Å². The molecule has 1 aliphatic heterocycles. The van der Waals surface area contributed by atoms with E-state index in [1.54, 1.807) is 29.2 Å². The molecule has 1 aromatic heterocycles. The van der Waals surface area contributed by atoms with Gasteiger partial charge < -0.3 is 9.84 Å². The lowest BCUT2D eigenvalue weighted by Crippen LogP contribution is -2.46. The molecule has 0 radical (unpaired) electrons. The van der Waals surface area contributed by atoms with E-state index in [0.717, 1.165) is 19.3 Å². The topological polar surface area (TPSA) is 71.3 Å². The normalized spacial score (nSPS) is 16.4. The Hall–Kier alpha value is -3.55. The summed E-state index contributed by atoms with van der Waals surface area (Å²) in [6.07, 6.45) is 2.89. The van der Waals surface area contributed by atoms with Crippen molar-refractivity contribution in [2.45, 2.75) is 39.2 Å². The molecule has 8 heteroatoms. The number of rotatable bonds is 7. The van der Waals surface area contributed by atoms with E-state index in [9.17, 15) is 13.6 Å². The zero-order chi connectivity index (χ0) is 22.7.